The quantitative estimate of drug-likeness (QED) is 0.238. The molecule has 4 aromatic rings. The molecule has 3 nitrogen and oxygen atoms in total. The predicted molar refractivity (Wildman–Crippen MR) is 160 cm³/mol. The number of hydrogen-bond donors (Lipinski definition) is 1. The Morgan fingerprint density at radius 3 is 2.33 bits per heavy atom. The number of hydrogen-bond acceptors (Lipinski definition) is 3. The number of phenols is 1. The fourth-order valence-corrected chi connectivity index (χ4v) is 6.88. The molecule has 0 radical (unpaired) electrons. The van der Waals surface area contributed by atoms with Crippen molar-refractivity contribution in [3.8, 4) is 5.75 Å². The number of allylic oxidation sites excluding steroid dienone is 4. The summed E-state index contributed by atoms with van der Waals surface area (Å²) in [4.78, 5) is 9.03. The van der Waals surface area contributed by atoms with Crippen LogP contribution in [0.15, 0.2) is 113 Å². The molecular weight excluding hydrogens is 575 g/mol. The Bertz CT molecular complexity index is 1610. The monoisotopic (exact) mass is 602 g/mol. The van der Waals surface area contributed by atoms with Gasteiger partial charge in [0, 0.05) is 29.5 Å². The summed E-state index contributed by atoms with van der Waals surface area (Å²) >= 11 is -0.181. The Morgan fingerprint density at radius 2 is 1.65 bits per heavy atom. The molecule has 0 saturated carbocycles. The van der Waals surface area contributed by atoms with E-state index in [-0.39, 0.29) is 19.3 Å². The fraction of sp³-hybridized carbons (Fsp3) is 0.176. The summed E-state index contributed by atoms with van der Waals surface area (Å²) in [5.74, 6) is 0.550. The SMILES string of the molecule is Cc1cc(C=NCc2ccccn2)c(O)c(C23C4=C(C=CCC4)C(c4ccccc42)c2ccccc23)c1.[Cl][Cr][Cl]. The second-order valence-electron chi connectivity index (χ2n) is 10.3. The van der Waals surface area contributed by atoms with Gasteiger partial charge < -0.3 is 5.11 Å². The predicted octanol–water partition coefficient (Wildman–Crippen LogP) is 8.53. The third kappa shape index (κ3) is 4.35. The first-order valence-electron chi connectivity index (χ1n) is 13.3. The van der Waals surface area contributed by atoms with Gasteiger partial charge in [-0.05, 0) is 76.9 Å². The molecule has 0 unspecified atom stereocenters. The Balaban J connectivity index is 0.000000925. The molecule has 0 atom stereocenters. The van der Waals surface area contributed by atoms with Gasteiger partial charge in [-0.2, -0.15) is 0 Å². The maximum absolute atomic E-state index is 12.0. The number of halogens is 2. The van der Waals surface area contributed by atoms with Crippen molar-refractivity contribution in [1.29, 1.82) is 0 Å². The first-order valence-corrected chi connectivity index (χ1v) is 16.8. The van der Waals surface area contributed by atoms with Crippen molar-refractivity contribution in [2.24, 2.45) is 4.99 Å². The van der Waals surface area contributed by atoms with Crippen molar-refractivity contribution in [3.05, 3.63) is 153 Å². The van der Waals surface area contributed by atoms with E-state index in [0.29, 0.717) is 12.3 Å². The molecule has 0 spiro atoms. The zero-order valence-corrected chi connectivity index (χ0v) is 24.8. The van der Waals surface area contributed by atoms with E-state index in [9.17, 15) is 5.11 Å². The number of phenolic OH excluding ortho intramolecular Hbond substituents is 1. The number of aromatic nitrogens is 1. The van der Waals surface area contributed by atoms with Gasteiger partial charge in [-0.1, -0.05) is 72.8 Å². The average Bonchev–Trinajstić information content (AvgIpc) is 2.99. The van der Waals surface area contributed by atoms with Gasteiger partial charge in [-0.15, -0.1) is 0 Å². The van der Waals surface area contributed by atoms with Gasteiger partial charge in [0.05, 0.1) is 17.7 Å². The Morgan fingerprint density at radius 1 is 0.975 bits per heavy atom. The Hall–Kier alpha value is -3.13. The molecule has 6 heteroatoms. The van der Waals surface area contributed by atoms with E-state index < -0.39 is 5.41 Å². The molecule has 1 aromatic heterocycles. The minimum absolute atomic E-state index is 0.181. The fourth-order valence-electron chi connectivity index (χ4n) is 6.88. The number of rotatable bonds is 4. The molecule has 3 aromatic carbocycles. The van der Waals surface area contributed by atoms with Gasteiger partial charge in [0.25, 0.3) is 0 Å². The molecule has 4 aliphatic carbocycles. The zero-order valence-electron chi connectivity index (χ0n) is 22.0. The van der Waals surface area contributed by atoms with Crippen molar-refractivity contribution in [3.63, 3.8) is 0 Å². The van der Waals surface area contributed by atoms with Gasteiger partial charge in [-0.3, -0.25) is 9.98 Å². The van der Waals surface area contributed by atoms with Crippen LogP contribution in [0.4, 0.5) is 0 Å². The Kier molecular flexibility index (Phi) is 7.71. The second-order valence-corrected chi connectivity index (χ2v) is 12.4. The molecule has 200 valence electrons. The molecule has 1 N–H and O–H groups in total. The number of aliphatic imine (C=N–C) groups is 1. The standard InChI is InChI=1S/C34H28N2O.2ClH.Cr/c1-22-18-23(20-35-21-24-10-8-9-17-36-24)33(37)31(19-22)34-28-14-5-2-11-25(28)32(26-12-3-6-15-29(26)34)27-13-4-7-16-30(27)34;;;/h2-6,8-15,17-20,32,37H,7,16,21H2,1H3;2*1H;/q;;;+2/p-2. The average molecular weight is 604 g/mol. The van der Waals surface area contributed by atoms with Crippen LogP contribution in [0.2, 0.25) is 0 Å². The summed E-state index contributed by atoms with van der Waals surface area (Å²) in [6.45, 7) is 2.58. The summed E-state index contributed by atoms with van der Waals surface area (Å²) < 4.78 is 0. The topological polar surface area (TPSA) is 45.5 Å². The van der Waals surface area contributed by atoms with E-state index in [2.05, 4.69) is 83.6 Å². The van der Waals surface area contributed by atoms with Crippen LogP contribution in [0.1, 0.15) is 63.4 Å². The first-order chi connectivity index (χ1) is 19.6. The van der Waals surface area contributed by atoms with E-state index in [1.807, 2.05) is 24.3 Å². The van der Waals surface area contributed by atoms with Crippen LogP contribution in [-0.4, -0.2) is 16.3 Å². The number of aromatic hydroxyl groups is 1. The number of aryl methyl sites for hydroxylation is 1. The number of pyridine rings is 1. The van der Waals surface area contributed by atoms with Crippen molar-refractivity contribution < 1.29 is 18.5 Å². The van der Waals surface area contributed by atoms with E-state index in [0.717, 1.165) is 35.2 Å². The van der Waals surface area contributed by atoms with E-state index in [1.165, 1.54) is 33.4 Å². The third-order valence-electron chi connectivity index (χ3n) is 8.22. The molecule has 40 heavy (non-hydrogen) atoms. The van der Waals surface area contributed by atoms with Crippen LogP contribution >= 0.6 is 20.1 Å². The summed E-state index contributed by atoms with van der Waals surface area (Å²) in [5.41, 5.74) is 11.3. The second kappa shape index (κ2) is 11.4. The van der Waals surface area contributed by atoms with Crippen LogP contribution in [0.3, 0.4) is 0 Å². The normalized spacial score (nSPS) is 20.0. The third-order valence-corrected chi connectivity index (χ3v) is 8.22. The summed E-state index contributed by atoms with van der Waals surface area (Å²) in [6.07, 6.45) is 10.2. The number of nitrogens with zero attached hydrogens (tertiary/aromatic N) is 2. The maximum atomic E-state index is 12.0. The van der Waals surface area contributed by atoms with Gasteiger partial charge >= 0.3 is 33.5 Å². The molecular formula is C34H28Cl2CrN2O. The molecule has 1 heterocycles. The van der Waals surface area contributed by atoms with Crippen LogP contribution in [0.25, 0.3) is 0 Å². The first kappa shape index (κ1) is 27.1. The molecule has 2 bridgehead atoms. The molecule has 0 saturated heterocycles. The summed E-state index contributed by atoms with van der Waals surface area (Å²) in [5, 5.41) is 12.0. The number of benzene rings is 3. The summed E-state index contributed by atoms with van der Waals surface area (Å²) in [6, 6.07) is 27.7. The van der Waals surface area contributed by atoms with Gasteiger partial charge in [-0.25, -0.2) is 0 Å². The van der Waals surface area contributed by atoms with Crippen molar-refractivity contribution >= 4 is 26.3 Å². The zero-order chi connectivity index (χ0) is 27.7. The molecule has 8 rings (SSSR count). The molecule has 0 amide bonds. The van der Waals surface area contributed by atoms with Crippen molar-refractivity contribution in [2.75, 3.05) is 0 Å². The van der Waals surface area contributed by atoms with Crippen LogP contribution in [0.5, 0.6) is 5.75 Å². The molecule has 4 aliphatic rings. The van der Waals surface area contributed by atoms with Crippen molar-refractivity contribution in [2.45, 2.75) is 37.6 Å². The van der Waals surface area contributed by atoms with Crippen LogP contribution < -0.4 is 0 Å². The van der Waals surface area contributed by atoms with Gasteiger partial charge in [0.1, 0.15) is 5.75 Å². The Labute approximate surface area is 250 Å². The van der Waals surface area contributed by atoms with Crippen LogP contribution in [-0.2, 0) is 25.3 Å². The summed E-state index contributed by atoms with van der Waals surface area (Å²) in [7, 11) is 9.65. The van der Waals surface area contributed by atoms with Crippen LogP contribution in [0, 0.1) is 6.92 Å². The van der Waals surface area contributed by atoms with Gasteiger partial charge in [0.2, 0.25) is 0 Å². The van der Waals surface area contributed by atoms with E-state index >= 15 is 0 Å². The van der Waals surface area contributed by atoms with E-state index in [1.54, 1.807) is 12.4 Å². The molecule has 0 fully saturated rings. The van der Waals surface area contributed by atoms with E-state index in [4.69, 9.17) is 20.1 Å². The minimum atomic E-state index is -0.526. The van der Waals surface area contributed by atoms with Crippen molar-refractivity contribution in [1.82, 2.24) is 4.98 Å². The van der Waals surface area contributed by atoms with Gasteiger partial charge in [0.15, 0.2) is 0 Å². The molecule has 0 aliphatic heterocycles.